The third-order valence-corrected chi connectivity index (χ3v) is 7.26. The summed E-state index contributed by atoms with van der Waals surface area (Å²) in [7, 11) is 0. The van der Waals surface area contributed by atoms with Crippen LogP contribution in [-0.4, -0.2) is 118 Å². The summed E-state index contributed by atoms with van der Waals surface area (Å²) in [6.45, 7) is 2.47. The summed E-state index contributed by atoms with van der Waals surface area (Å²) in [5, 5.41) is 35.8. The first-order chi connectivity index (χ1) is 23.7. The molecule has 51 heavy (non-hydrogen) atoms. The summed E-state index contributed by atoms with van der Waals surface area (Å²) >= 11 is 0. The highest BCUT2D eigenvalue weighted by Gasteiger charge is 2.39. The molecular formula is C30H42F3N7O11. The molecule has 0 bridgehead atoms. The molecule has 21 heteroatoms. The lowest BCUT2D eigenvalue weighted by molar-refractivity contribution is -0.192. The first-order valence-corrected chi connectivity index (χ1v) is 15.4. The Morgan fingerprint density at radius 2 is 1.51 bits per heavy atom. The van der Waals surface area contributed by atoms with E-state index in [9.17, 15) is 56.9 Å². The van der Waals surface area contributed by atoms with E-state index >= 15 is 0 Å². The number of phenolic OH excluding ortho intramolecular Hbond substituents is 1. The van der Waals surface area contributed by atoms with E-state index in [-0.39, 0.29) is 38.1 Å². The fraction of sp³-hybridized carbons (Fsp3) is 0.533. The molecule has 18 nitrogen and oxygen atoms in total. The third kappa shape index (κ3) is 15.3. The van der Waals surface area contributed by atoms with Gasteiger partial charge in [0.2, 0.25) is 35.4 Å². The number of rotatable bonds is 16. The summed E-state index contributed by atoms with van der Waals surface area (Å²) in [5.41, 5.74) is 11.2. The van der Waals surface area contributed by atoms with Gasteiger partial charge in [0.05, 0.1) is 13.1 Å². The van der Waals surface area contributed by atoms with Crippen molar-refractivity contribution in [2.75, 3.05) is 19.6 Å². The number of benzene rings is 1. The maximum absolute atomic E-state index is 13.5. The van der Waals surface area contributed by atoms with Gasteiger partial charge in [0.15, 0.2) is 0 Å². The van der Waals surface area contributed by atoms with Crippen molar-refractivity contribution >= 4 is 47.4 Å². The first kappa shape index (κ1) is 43.6. The number of hydrogen-bond acceptors (Lipinski definition) is 10. The Kier molecular flexibility index (Phi) is 17.3. The number of halogens is 3. The van der Waals surface area contributed by atoms with E-state index in [0.29, 0.717) is 18.4 Å². The van der Waals surface area contributed by atoms with Crippen LogP contribution in [0.2, 0.25) is 0 Å². The summed E-state index contributed by atoms with van der Waals surface area (Å²) in [5.74, 6) is -8.57. The molecule has 1 saturated heterocycles. The summed E-state index contributed by atoms with van der Waals surface area (Å²) < 4.78 is 31.7. The van der Waals surface area contributed by atoms with Crippen LogP contribution in [0, 0.1) is 5.92 Å². The van der Waals surface area contributed by atoms with E-state index in [1.807, 2.05) is 0 Å². The monoisotopic (exact) mass is 733 g/mol. The molecule has 1 aromatic rings. The predicted octanol–water partition coefficient (Wildman–Crippen LogP) is -1.91. The minimum atomic E-state index is -5.08. The van der Waals surface area contributed by atoms with Crippen LogP contribution >= 0.6 is 0 Å². The maximum atomic E-state index is 13.5. The number of aromatic hydroxyl groups is 1. The zero-order valence-electron chi connectivity index (χ0n) is 27.7. The minimum Gasteiger partial charge on any atom is -0.508 e. The molecule has 11 N–H and O–H groups in total. The van der Waals surface area contributed by atoms with Crippen molar-refractivity contribution in [2.45, 2.75) is 76.3 Å². The second-order valence-electron chi connectivity index (χ2n) is 11.6. The van der Waals surface area contributed by atoms with E-state index < -0.39 is 90.2 Å². The Bertz CT molecular complexity index is 1420. The maximum Gasteiger partial charge on any atom is 0.490 e. The first-order valence-electron chi connectivity index (χ1n) is 15.4. The third-order valence-electron chi connectivity index (χ3n) is 7.26. The second kappa shape index (κ2) is 20.3. The number of nitrogens with two attached hydrogens (primary N) is 2. The van der Waals surface area contributed by atoms with E-state index in [4.69, 9.17) is 21.4 Å². The van der Waals surface area contributed by atoms with Gasteiger partial charge in [0, 0.05) is 19.4 Å². The quantitative estimate of drug-likeness (QED) is 0.0900. The Labute approximate surface area is 289 Å². The number of primary amides is 1. The molecule has 1 heterocycles. The number of carboxylic acid groups (broad SMARTS) is 2. The molecule has 1 fully saturated rings. The Balaban J connectivity index is 0.00000167. The van der Waals surface area contributed by atoms with E-state index in [2.05, 4.69) is 21.3 Å². The van der Waals surface area contributed by atoms with Gasteiger partial charge in [-0.15, -0.1) is 0 Å². The highest BCUT2D eigenvalue weighted by molar-refractivity contribution is 5.95. The Hall–Kier alpha value is -5.47. The molecule has 0 aromatic heterocycles. The number of aliphatic carboxylic acids is 2. The molecule has 1 aromatic carbocycles. The second-order valence-corrected chi connectivity index (χ2v) is 11.6. The molecule has 4 atom stereocenters. The average Bonchev–Trinajstić information content (AvgIpc) is 3.54. The van der Waals surface area contributed by atoms with Crippen LogP contribution in [0.25, 0.3) is 0 Å². The number of carboxylic acids is 2. The summed E-state index contributed by atoms with van der Waals surface area (Å²) in [6, 6.07) is 1.54. The topological polar surface area (TPSA) is 301 Å². The number of carbonyl (C=O) groups excluding carboxylic acids is 6. The van der Waals surface area contributed by atoms with Crippen molar-refractivity contribution in [2.24, 2.45) is 17.4 Å². The molecule has 0 aliphatic carbocycles. The lowest BCUT2D eigenvalue weighted by Crippen LogP contribution is -2.56. The van der Waals surface area contributed by atoms with Crippen LogP contribution in [0.15, 0.2) is 24.3 Å². The predicted molar refractivity (Wildman–Crippen MR) is 169 cm³/mol. The van der Waals surface area contributed by atoms with Crippen LogP contribution in [0.5, 0.6) is 5.75 Å². The van der Waals surface area contributed by atoms with Crippen molar-refractivity contribution in [1.29, 1.82) is 0 Å². The lowest BCUT2D eigenvalue weighted by Gasteiger charge is -2.29. The number of hydrogen-bond donors (Lipinski definition) is 9. The van der Waals surface area contributed by atoms with Gasteiger partial charge in [-0.1, -0.05) is 26.0 Å². The number of phenols is 1. The van der Waals surface area contributed by atoms with Crippen molar-refractivity contribution in [1.82, 2.24) is 26.2 Å². The number of likely N-dealkylation sites (tertiary alicyclic amines) is 1. The standard InChI is InChI=1S/C28H41N7O9.C2HF3O2/c1-15(2)24(28(43)44)34-25(40)18(9-10-21(30)37)32-23(39)14-31-26(41)20-4-3-11-35(20)27(42)19(33-22(38)13-29)12-16-5-7-17(36)8-6-16;3-2(4,5)1(6)7/h5-8,15,18-20,24,36H,3-4,9-14,29H2,1-2H3,(H2,30,37)(H,31,41)(H,32,39)(H,33,38)(H,34,40)(H,43,44);(H,6,7)/t18-,19-,20-,24-;/m0./s1. The highest BCUT2D eigenvalue weighted by atomic mass is 19.4. The number of amides is 6. The molecule has 1 aliphatic heterocycles. The molecule has 0 saturated carbocycles. The van der Waals surface area contributed by atoms with Gasteiger partial charge in [-0.25, -0.2) is 9.59 Å². The minimum absolute atomic E-state index is 0.0303. The van der Waals surface area contributed by atoms with E-state index in [0.717, 1.165) is 0 Å². The van der Waals surface area contributed by atoms with Crippen molar-refractivity contribution in [3.8, 4) is 5.75 Å². The van der Waals surface area contributed by atoms with Crippen LogP contribution in [-0.2, 0) is 44.8 Å². The molecule has 2 rings (SSSR count). The molecule has 0 radical (unpaired) electrons. The number of alkyl halides is 3. The molecular weight excluding hydrogens is 691 g/mol. The number of nitrogens with zero attached hydrogens (tertiary/aromatic N) is 1. The van der Waals surface area contributed by atoms with Gasteiger partial charge in [-0.05, 0) is 42.9 Å². The van der Waals surface area contributed by atoms with E-state index in [1.54, 1.807) is 26.0 Å². The van der Waals surface area contributed by atoms with E-state index in [1.165, 1.54) is 17.0 Å². The Morgan fingerprint density at radius 3 is 2.00 bits per heavy atom. The van der Waals surface area contributed by atoms with Crippen LogP contribution in [0.1, 0.15) is 45.1 Å². The van der Waals surface area contributed by atoms with Gasteiger partial charge in [0.25, 0.3) is 0 Å². The molecule has 0 unspecified atom stereocenters. The lowest BCUT2D eigenvalue weighted by atomic mass is 10.0. The normalized spacial score (nSPS) is 15.7. The smallest absolute Gasteiger partial charge is 0.490 e. The van der Waals surface area contributed by atoms with Gasteiger partial charge >= 0.3 is 18.1 Å². The summed E-state index contributed by atoms with van der Waals surface area (Å²) in [4.78, 5) is 97.1. The fourth-order valence-corrected chi connectivity index (χ4v) is 4.68. The fourth-order valence-electron chi connectivity index (χ4n) is 4.68. The zero-order chi connectivity index (χ0) is 39.1. The molecule has 1 aliphatic rings. The van der Waals surface area contributed by atoms with Crippen molar-refractivity contribution in [3.05, 3.63) is 29.8 Å². The highest BCUT2D eigenvalue weighted by Crippen LogP contribution is 2.20. The largest absolute Gasteiger partial charge is 0.508 e. The summed E-state index contributed by atoms with van der Waals surface area (Å²) in [6.07, 6.45) is -4.69. The average molecular weight is 734 g/mol. The van der Waals surface area contributed by atoms with Crippen LogP contribution in [0.4, 0.5) is 13.2 Å². The van der Waals surface area contributed by atoms with Crippen molar-refractivity contribution in [3.63, 3.8) is 0 Å². The zero-order valence-corrected chi connectivity index (χ0v) is 27.7. The number of nitrogens with one attached hydrogen (secondary N) is 4. The number of carbonyl (C=O) groups is 8. The van der Waals surface area contributed by atoms with Crippen LogP contribution < -0.4 is 32.7 Å². The Morgan fingerprint density at radius 1 is 0.941 bits per heavy atom. The van der Waals surface area contributed by atoms with Gasteiger partial charge in [-0.3, -0.25) is 28.8 Å². The SMILES string of the molecule is CC(C)[C@H](NC(=O)[C@H](CCC(N)=O)NC(=O)CNC(=O)[C@@H]1CCCN1C(=O)[C@H](Cc1ccc(O)cc1)NC(=O)CN)C(=O)O.O=C(O)C(F)(F)F. The molecule has 0 spiro atoms. The molecule has 284 valence electrons. The molecule has 6 amide bonds. The van der Waals surface area contributed by atoms with Crippen molar-refractivity contribution < 1.29 is 66.8 Å². The van der Waals surface area contributed by atoms with Gasteiger partial charge in [-0.2, -0.15) is 13.2 Å². The van der Waals surface area contributed by atoms with Gasteiger partial charge < -0.3 is 53.0 Å². The van der Waals surface area contributed by atoms with Crippen LogP contribution in [0.3, 0.4) is 0 Å². The van der Waals surface area contributed by atoms with Gasteiger partial charge in [0.1, 0.15) is 29.9 Å².